The lowest BCUT2D eigenvalue weighted by molar-refractivity contribution is -0.144. The summed E-state index contributed by atoms with van der Waals surface area (Å²) in [6.45, 7) is 8.27. The van der Waals surface area contributed by atoms with Gasteiger partial charge in [0.25, 0.3) is 0 Å². The summed E-state index contributed by atoms with van der Waals surface area (Å²) in [7, 11) is 4.02. The molecule has 0 spiro atoms. The second kappa shape index (κ2) is 32.1. The van der Waals surface area contributed by atoms with Crippen LogP contribution in [0.2, 0.25) is 0 Å². The number of rotatable bonds is 32. The van der Waals surface area contributed by atoms with Crippen LogP contribution in [0, 0.1) is 5.92 Å². The summed E-state index contributed by atoms with van der Waals surface area (Å²) < 4.78 is 16.9. The molecular weight excluding hydrogens is 538 g/mol. The number of hydrogen-bond donors (Lipinski definition) is 0. The highest BCUT2D eigenvalue weighted by Crippen LogP contribution is 2.26. The van der Waals surface area contributed by atoms with Crippen molar-refractivity contribution >= 4 is 12.1 Å². The van der Waals surface area contributed by atoms with Crippen LogP contribution < -0.4 is 0 Å². The zero-order chi connectivity index (χ0) is 31.8. The lowest BCUT2D eigenvalue weighted by Crippen LogP contribution is -2.25. The molecule has 0 unspecified atom stereocenters. The van der Waals surface area contributed by atoms with E-state index in [4.69, 9.17) is 14.2 Å². The number of hydrogen-bond acceptors (Lipinski definition) is 6. The Hall–Kier alpha value is -1.30. The van der Waals surface area contributed by atoms with Crippen LogP contribution in [-0.2, 0) is 19.0 Å². The van der Waals surface area contributed by atoms with E-state index in [9.17, 15) is 9.59 Å². The zero-order valence-electron chi connectivity index (χ0n) is 29.4. The number of unbranched alkanes of at least 4 members (excludes halogenated alkanes) is 16. The van der Waals surface area contributed by atoms with Crippen LogP contribution >= 0.6 is 0 Å². The fourth-order valence-electron chi connectivity index (χ4n) is 5.71. The van der Waals surface area contributed by atoms with Crippen molar-refractivity contribution in [3.63, 3.8) is 0 Å². The summed E-state index contributed by atoms with van der Waals surface area (Å²) in [5.74, 6) is 0.390. The maximum Gasteiger partial charge on any atom is 0.508 e. The van der Waals surface area contributed by atoms with Gasteiger partial charge in [-0.15, -0.1) is 0 Å². The molecule has 6 nitrogen and oxygen atoms in total. The van der Waals surface area contributed by atoms with Crippen molar-refractivity contribution in [3.05, 3.63) is 0 Å². The molecule has 0 radical (unpaired) electrons. The summed E-state index contributed by atoms with van der Waals surface area (Å²) in [5.41, 5.74) is 0. The smallest absolute Gasteiger partial charge is 0.466 e. The van der Waals surface area contributed by atoms with E-state index in [2.05, 4.69) is 25.7 Å². The molecule has 0 aromatic carbocycles. The molecule has 0 aliphatic heterocycles. The summed E-state index contributed by atoms with van der Waals surface area (Å²) in [5, 5.41) is 0. The molecular formula is C37H73NO5. The highest BCUT2D eigenvalue weighted by atomic mass is 16.7. The number of esters is 1. The maximum absolute atomic E-state index is 12.6. The first-order chi connectivity index (χ1) is 20.9. The molecule has 0 aliphatic carbocycles. The van der Waals surface area contributed by atoms with Crippen LogP contribution in [0.25, 0.3) is 0 Å². The Morgan fingerprint density at radius 1 is 0.558 bits per heavy atom. The predicted molar refractivity (Wildman–Crippen MR) is 182 cm³/mol. The molecule has 0 bridgehead atoms. The highest BCUT2D eigenvalue weighted by molar-refractivity contribution is 5.69. The van der Waals surface area contributed by atoms with E-state index >= 15 is 0 Å². The second-order valence-corrected chi connectivity index (χ2v) is 13.1. The molecule has 0 heterocycles. The Morgan fingerprint density at radius 3 is 1.56 bits per heavy atom. The van der Waals surface area contributed by atoms with Gasteiger partial charge in [-0.25, -0.2) is 4.79 Å². The molecule has 0 aliphatic rings. The van der Waals surface area contributed by atoms with Gasteiger partial charge in [0.15, 0.2) is 0 Å². The van der Waals surface area contributed by atoms with E-state index in [1.54, 1.807) is 0 Å². The molecule has 0 aromatic rings. The summed E-state index contributed by atoms with van der Waals surface area (Å²) >= 11 is 0. The van der Waals surface area contributed by atoms with Gasteiger partial charge < -0.3 is 19.1 Å². The summed E-state index contributed by atoms with van der Waals surface area (Å²) in [6.07, 6.45) is 27.9. The van der Waals surface area contributed by atoms with Crippen LogP contribution in [0.5, 0.6) is 0 Å². The maximum atomic E-state index is 12.6. The third kappa shape index (κ3) is 30.5. The van der Waals surface area contributed by atoms with Gasteiger partial charge in [0.1, 0.15) is 6.10 Å². The third-order valence-electron chi connectivity index (χ3n) is 8.45. The first-order valence-corrected chi connectivity index (χ1v) is 18.6. The van der Waals surface area contributed by atoms with Gasteiger partial charge in [0.05, 0.1) is 13.2 Å². The average Bonchev–Trinajstić information content (AvgIpc) is 2.98. The summed E-state index contributed by atoms with van der Waals surface area (Å²) in [6, 6.07) is 0. The normalized spacial score (nSPS) is 12.2. The number of carbonyl (C=O) groups is 2. The van der Waals surface area contributed by atoms with Crippen molar-refractivity contribution in [3.8, 4) is 0 Å². The van der Waals surface area contributed by atoms with E-state index < -0.39 is 6.16 Å². The van der Waals surface area contributed by atoms with Gasteiger partial charge in [0.2, 0.25) is 0 Å². The lowest BCUT2D eigenvalue weighted by atomic mass is 9.88. The van der Waals surface area contributed by atoms with Crippen LogP contribution in [0.4, 0.5) is 4.79 Å². The first-order valence-electron chi connectivity index (χ1n) is 18.6. The zero-order valence-corrected chi connectivity index (χ0v) is 29.4. The Labute approximate surface area is 267 Å². The van der Waals surface area contributed by atoms with Gasteiger partial charge in [-0.2, -0.15) is 0 Å². The van der Waals surface area contributed by atoms with Gasteiger partial charge in [-0.1, -0.05) is 149 Å². The van der Waals surface area contributed by atoms with Crippen molar-refractivity contribution in [1.29, 1.82) is 0 Å². The standard InChI is InChI=1S/C37H73NO5/c1-6-9-12-15-18-21-24-28-36(39)41-32-29-35(43-37(40)42-31-25-30-38(4)5)33-34(26-22-19-16-13-10-7-2)27-23-20-17-14-11-8-3/h34-35H,6-33H2,1-5H3/t35-/m0/s1. The SMILES string of the molecule is CCCCCCCCCC(=O)OCC[C@@H](CC(CCCCCCCC)CCCCCCCC)OC(=O)OCCCN(C)C. The largest absolute Gasteiger partial charge is 0.508 e. The van der Waals surface area contributed by atoms with Crippen LogP contribution in [0.3, 0.4) is 0 Å². The van der Waals surface area contributed by atoms with Gasteiger partial charge in [-0.3, -0.25) is 4.79 Å². The Morgan fingerprint density at radius 2 is 1.05 bits per heavy atom. The number of nitrogens with zero attached hydrogens (tertiary/aromatic N) is 1. The van der Waals surface area contributed by atoms with E-state index in [-0.39, 0.29) is 12.1 Å². The predicted octanol–water partition coefficient (Wildman–Crippen LogP) is 11.0. The lowest BCUT2D eigenvalue weighted by Gasteiger charge is -2.24. The van der Waals surface area contributed by atoms with Crippen LogP contribution in [-0.4, -0.2) is 57.0 Å². The number of carbonyl (C=O) groups excluding carboxylic acids is 2. The second-order valence-electron chi connectivity index (χ2n) is 13.1. The molecule has 6 heteroatoms. The Bertz CT molecular complexity index is 596. The summed E-state index contributed by atoms with van der Waals surface area (Å²) in [4.78, 5) is 27.1. The quantitative estimate of drug-likeness (QED) is 0.0557. The molecule has 0 rings (SSSR count). The Balaban J connectivity index is 4.89. The van der Waals surface area contributed by atoms with Crippen LogP contribution in [0.15, 0.2) is 0 Å². The molecule has 0 fully saturated rings. The Kier molecular flexibility index (Phi) is 31.1. The van der Waals surface area contributed by atoms with E-state index in [1.807, 2.05) is 14.1 Å². The fraction of sp³-hybridized carbons (Fsp3) is 0.946. The van der Waals surface area contributed by atoms with Crippen molar-refractivity contribution in [2.24, 2.45) is 5.92 Å². The van der Waals surface area contributed by atoms with Crippen molar-refractivity contribution in [2.45, 2.75) is 187 Å². The van der Waals surface area contributed by atoms with Gasteiger partial charge in [0, 0.05) is 19.4 Å². The molecule has 0 saturated heterocycles. The van der Waals surface area contributed by atoms with Crippen LogP contribution in [0.1, 0.15) is 181 Å². The topological polar surface area (TPSA) is 65.1 Å². The average molecular weight is 612 g/mol. The molecule has 256 valence electrons. The van der Waals surface area contributed by atoms with Crippen molar-refractivity contribution < 1.29 is 23.8 Å². The van der Waals surface area contributed by atoms with E-state index in [1.165, 1.54) is 122 Å². The van der Waals surface area contributed by atoms with Gasteiger partial charge >= 0.3 is 12.1 Å². The molecule has 0 aromatic heterocycles. The molecule has 1 atom stereocenters. The van der Waals surface area contributed by atoms with E-state index in [0.29, 0.717) is 32.0 Å². The minimum absolute atomic E-state index is 0.130. The third-order valence-corrected chi connectivity index (χ3v) is 8.45. The monoisotopic (exact) mass is 612 g/mol. The van der Waals surface area contributed by atoms with Crippen molar-refractivity contribution in [2.75, 3.05) is 33.9 Å². The molecule has 43 heavy (non-hydrogen) atoms. The highest BCUT2D eigenvalue weighted by Gasteiger charge is 2.22. The van der Waals surface area contributed by atoms with Crippen molar-refractivity contribution in [1.82, 2.24) is 4.90 Å². The first kappa shape index (κ1) is 41.7. The van der Waals surface area contributed by atoms with E-state index in [0.717, 1.165) is 32.2 Å². The molecule has 0 N–H and O–H groups in total. The fourth-order valence-corrected chi connectivity index (χ4v) is 5.71. The molecule has 0 amide bonds. The number of ether oxygens (including phenoxy) is 3. The minimum atomic E-state index is -0.587. The minimum Gasteiger partial charge on any atom is -0.466 e. The van der Waals surface area contributed by atoms with Gasteiger partial charge in [-0.05, 0) is 39.3 Å². The molecule has 0 saturated carbocycles.